The number of benzene rings is 10. The molecule has 0 aromatic heterocycles. The summed E-state index contributed by atoms with van der Waals surface area (Å²) in [6.45, 7) is 9.59. The molecule has 10 aromatic rings. The van der Waals surface area contributed by atoms with Crippen LogP contribution in [0.25, 0.3) is 99.1 Å². The minimum absolute atomic E-state index is 0.0278. The van der Waals surface area contributed by atoms with Crippen molar-refractivity contribution in [3.63, 3.8) is 0 Å². The lowest BCUT2D eigenvalue weighted by molar-refractivity contribution is 0.652. The molecule has 0 fully saturated rings. The molecule has 0 radical (unpaired) electrons. The van der Waals surface area contributed by atoms with Crippen molar-refractivity contribution >= 4 is 32.3 Å². The second-order valence-corrected chi connectivity index (χ2v) is 17.6. The van der Waals surface area contributed by atoms with Crippen molar-refractivity contribution in [3.8, 4) is 66.8 Å². The Morgan fingerprint density at radius 1 is 0.259 bits per heavy atom. The largest absolute Gasteiger partial charge is 0.0622 e. The molecule has 0 N–H and O–H groups in total. The molecule has 0 aliphatic heterocycles. The van der Waals surface area contributed by atoms with E-state index >= 15 is 0 Å². The van der Waals surface area contributed by atoms with E-state index in [1.54, 1.807) is 0 Å². The third kappa shape index (κ3) is 4.58. The van der Waals surface area contributed by atoms with Crippen LogP contribution in [0.5, 0.6) is 0 Å². The molecule has 274 valence electrons. The smallest absolute Gasteiger partial charge is 0.0159 e. The van der Waals surface area contributed by atoms with Gasteiger partial charge < -0.3 is 0 Å². The molecule has 0 atom stereocenters. The summed E-state index contributed by atoms with van der Waals surface area (Å²) in [5.41, 5.74) is 21.1. The summed E-state index contributed by atoms with van der Waals surface area (Å²) in [5.74, 6) is 0. The summed E-state index contributed by atoms with van der Waals surface area (Å²) in [4.78, 5) is 0. The SMILES string of the molecule is CC1(C)c2ccccc2-c2cc3c(cc21)-c1ccc(-c2ccc(-c4ccc5ccc6c(-c7ccccc7)ccc7ccc4c5c76)cc2-c2ccccc2)cc1C3(C)C. The van der Waals surface area contributed by atoms with E-state index in [0.717, 1.165) is 0 Å². The van der Waals surface area contributed by atoms with Crippen LogP contribution < -0.4 is 0 Å². The van der Waals surface area contributed by atoms with Gasteiger partial charge in [0.15, 0.2) is 0 Å². The summed E-state index contributed by atoms with van der Waals surface area (Å²) < 4.78 is 0. The van der Waals surface area contributed by atoms with Gasteiger partial charge in [0.05, 0.1) is 0 Å². The van der Waals surface area contributed by atoms with Gasteiger partial charge in [-0.25, -0.2) is 0 Å². The first-order valence-corrected chi connectivity index (χ1v) is 20.7. The maximum absolute atomic E-state index is 2.52. The molecule has 0 nitrogen and oxygen atoms in total. The van der Waals surface area contributed by atoms with Gasteiger partial charge in [-0.2, -0.15) is 0 Å². The van der Waals surface area contributed by atoms with E-state index in [9.17, 15) is 0 Å². The van der Waals surface area contributed by atoms with Crippen LogP contribution >= 0.6 is 0 Å². The molecule has 2 aliphatic rings. The Kier molecular flexibility index (Phi) is 6.84. The predicted octanol–water partition coefficient (Wildman–Crippen LogP) is 15.9. The number of hydrogen-bond acceptors (Lipinski definition) is 0. The van der Waals surface area contributed by atoms with Crippen LogP contribution in [0.1, 0.15) is 49.9 Å². The molecule has 0 saturated carbocycles. The monoisotopic (exact) mass is 738 g/mol. The first-order chi connectivity index (χ1) is 28.3. The van der Waals surface area contributed by atoms with Crippen LogP contribution in [0.4, 0.5) is 0 Å². The molecule has 10 aromatic carbocycles. The Hall–Kier alpha value is -6.76. The number of fused-ring (bicyclic) bond motifs is 6. The molecule has 0 heterocycles. The van der Waals surface area contributed by atoms with Gasteiger partial charge in [0, 0.05) is 10.8 Å². The highest BCUT2D eigenvalue weighted by Crippen LogP contribution is 2.56. The van der Waals surface area contributed by atoms with Crippen molar-refractivity contribution in [1.82, 2.24) is 0 Å². The summed E-state index contributed by atoms with van der Waals surface area (Å²) in [7, 11) is 0. The van der Waals surface area contributed by atoms with Gasteiger partial charge in [-0.1, -0.05) is 185 Å². The van der Waals surface area contributed by atoms with Crippen LogP contribution in [0.2, 0.25) is 0 Å². The number of rotatable bonds is 4. The van der Waals surface area contributed by atoms with E-state index in [4.69, 9.17) is 0 Å². The van der Waals surface area contributed by atoms with E-state index in [0.29, 0.717) is 0 Å². The van der Waals surface area contributed by atoms with Crippen LogP contribution in [-0.4, -0.2) is 0 Å². The molecular formula is C58H42. The van der Waals surface area contributed by atoms with Gasteiger partial charge >= 0.3 is 0 Å². The first kappa shape index (κ1) is 33.4. The maximum atomic E-state index is 2.52. The molecule has 0 unspecified atom stereocenters. The van der Waals surface area contributed by atoms with Gasteiger partial charge in [0.2, 0.25) is 0 Å². The molecule has 0 saturated heterocycles. The van der Waals surface area contributed by atoms with E-state index in [1.807, 2.05) is 0 Å². The second kappa shape index (κ2) is 11.9. The van der Waals surface area contributed by atoms with Gasteiger partial charge in [-0.3, -0.25) is 0 Å². The fourth-order valence-corrected chi connectivity index (χ4v) is 10.8. The summed E-state index contributed by atoms with van der Waals surface area (Å²) >= 11 is 0. The fraction of sp³-hybridized carbons (Fsp3) is 0.103. The molecule has 0 heteroatoms. The fourth-order valence-electron chi connectivity index (χ4n) is 10.8. The third-order valence-electron chi connectivity index (χ3n) is 13.9. The van der Waals surface area contributed by atoms with Gasteiger partial charge in [-0.15, -0.1) is 0 Å². The average Bonchev–Trinajstić information content (AvgIpc) is 3.63. The molecule has 12 rings (SSSR count). The maximum Gasteiger partial charge on any atom is 0.0159 e. The summed E-state index contributed by atoms with van der Waals surface area (Å²) in [5, 5.41) is 7.85. The van der Waals surface area contributed by atoms with Crippen molar-refractivity contribution in [1.29, 1.82) is 0 Å². The van der Waals surface area contributed by atoms with Crippen LogP contribution in [0.3, 0.4) is 0 Å². The highest BCUT2D eigenvalue weighted by Gasteiger charge is 2.41. The Labute approximate surface area is 340 Å². The minimum Gasteiger partial charge on any atom is -0.0622 e. The van der Waals surface area contributed by atoms with Crippen LogP contribution in [-0.2, 0) is 10.8 Å². The van der Waals surface area contributed by atoms with Gasteiger partial charge in [0.1, 0.15) is 0 Å². The Bertz CT molecular complexity index is 3310. The van der Waals surface area contributed by atoms with Crippen molar-refractivity contribution in [3.05, 3.63) is 204 Å². The quantitative estimate of drug-likeness (QED) is 0.158. The normalized spacial score (nSPS) is 14.5. The Morgan fingerprint density at radius 2 is 0.690 bits per heavy atom. The highest BCUT2D eigenvalue weighted by atomic mass is 14.4. The van der Waals surface area contributed by atoms with Crippen LogP contribution in [0.15, 0.2) is 182 Å². The third-order valence-corrected chi connectivity index (χ3v) is 13.9. The lowest BCUT2D eigenvalue weighted by atomic mass is 9.79. The Balaban J connectivity index is 1.01. The van der Waals surface area contributed by atoms with Crippen LogP contribution in [0, 0.1) is 0 Å². The second-order valence-electron chi connectivity index (χ2n) is 17.6. The molecule has 58 heavy (non-hydrogen) atoms. The molecule has 0 amide bonds. The zero-order valence-electron chi connectivity index (χ0n) is 33.3. The van der Waals surface area contributed by atoms with Crippen molar-refractivity contribution in [2.45, 2.75) is 38.5 Å². The first-order valence-electron chi connectivity index (χ1n) is 20.7. The summed E-state index contributed by atoms with van der Waals surface area (Å²) in [6.07, 6.45) is 0. The zero-order chi connectivity index (χ0) is 38.9. The standard InChI is InChI=1S/C58H42/c1-57(2)51-18-12-11-17-44(51)49-33-54-50(34-53(49)57)45-28-24-40(32-52(45)58(54,3)4)43-27-23-39(31-48(43)36-15-9-6-10-16-36)42-26-20-38-21-29-46-41(35-13-7-5-8-14-35)25-19-37-22-30-47(42)56(38)55(37)46/h5-34H,1-4H3. The average molecular weight is 739 g/mol. The van der Waals surface area contributed by atoms with Gasteiger partial charge in [0.25, 0.3) is 0 Å². The van der Waals surface area contributed by atoms with Crippen molar-refractivity contribution in [2.75, 3.05) is 0 Å². The lowest BCUT2D eigenvalue weighted by Gasteiger charge is -2.24. The van der Waals surface area contributed by atoms with E-state index in [-0.39, 0.29) is 10.8 Å². The minimum atomic E-state index is -0.133. The lowest BCUT2D eigenvalue weighted by Crippen LogP contribution is -2.17. The predicted molar refractivity (Wildman–Crippen MR) is 247 cm³/mol. The molecule has 0 spiro atoms. The highest BCUT2D eigenvalue weighted by molar-refractivity contribution is 6.27. The summed E-state index contributed by atoms with van der Waals surface area (Å²) in [6, 6.07) is 68.7. The van der Waals surface area contributed by atoms with E-state index in [2.05, 4.69) is 210 Å². The number of hydrogen-bond donors (Lipinski definition) is 0. The van der Waals surface area contributed by atoms with Gasteiger partial charge in [-0.05, 0) is 146 Å². The van der Waals surface area contributed by atoms with E-state index in [1.165, 1.54) is 121 Å². The molecule has 0 bridgehead atoms. The molecule has 2 aliphatic carbocycles. The topological polar surface area (TPSA) is 0 Å². The zero-order valence-corrected chi connectivity index (χ0v) is 33.3. The Morgan fingerprint density at radius 3 is 1.31 bits per heavy atom. The van der Waals surface area contributed by atoms with E-state index < -0.39 is 0 Å². The molecular weight excluding hydrogens is 697 g/mol. The van der Waals surface area contributed by atoms with Crippen molar-refractivity contribution < 1.29 is 0 Å². The van der Waals surface area contributed by atoms with Crippen molar-refractivity contribution in [2.24, 2.45) is 0 Å².